The second-order valence-electron chi connectivity index (χ2n) is 8.38. The third kappa shape index (κ3) is 2.58. The lowest BCUT2D eigenvalue weighted by molar-refractivity contribution is -0.0503. The molecule has 1 aromatic rings. The molecule has 0 heterocycles. The van der Waals surface area contributed by atoms with Crippen LogP contribution in [0.2, 0.25) is 0 Å². The monoisotopic (exact) mass is 313 g/mol. The number of nitrogens with two attached hydrogens (primary N) is 2. The van der Waals surface area contributed by atoms with E-state index in [1.54, 1.807) is 12.1 Å². The highest BCUT2D eigenvalue weighted by Gasteiger charge is 2.50. The first kappa shape index (κ1) is 14.9. The molecule has 4 aliphatic carbocycles. The molecule has 0 aromatic heterocycles. The summed E-state index contributed by atoms with van der Waals surface area (Å²) >= 11 is 0. The highest BCUT2D eigenvalue weighted by molar-refractivity contribution is 5.98. The van der Waals surface area contributed by atoms with E-state index in [1.807, 2.05) is 6.92 Å². The van der Waals surface area contributed by atoms with E-state index >= 15 is 0 Å². The number of anilines is 2. The summed E-state index contributed by atoms with van der Waals surface area (Å²) in [5.74, 6) is 2.69. The topological polar surface area (TPSA) is 81.1 Å². The van der Waals surface area contributed by atoms with E-state index in [-0.39, 0.29) is 5.91 Å². The normalized spacial score (nSPS) is 34.6. The van der Waals surface area contributed by atoms with Gasteiger partial charge in [0.1, 0.15) is 0 Å². The van der Waals surface area contributed by atoms with Gasteiger partial charge in [0.15, 0.2) is 0 Å². The molecule has 124 valence electrons. The number of nitrogen functional groups attached to an aromatic ring is 2. The molecular formula is C19H27N3O. The second-order valence-corrected chi connectivity index (χ2v) is 8.38. The lowest BCUT2D eigenvalue weighted by Gasteiger charge is -2.56. The third-order valence-corrected chi connectivity index (χ3v) is 6.50. The third-order valence-electron chi connectivity index (χ3n) is 6.50. The maximum absolute atomic E-state index is 12.6. The minimum atomic E-state index is -0.0303. The fourth-order valence-electron chi connectivity index (χ4n) is 5.87. The smallest absolute Gasteiger partial charge is 0.251 e. The van der Waals surface area contributed by atoms with Crippen LogP contribution >= 0.6 is 0 Å². The molecule has 4 nitrogen and oxygen atoms in total. The summed E-state index contributed by atoms with van der Waals surface area (Å²) in [7, 11) is 0. The predicted molar refractivity (Wildman–Crippen MR) is 92.9 cm³/mol. The van der Waals surface area contributed by atoms with Gasteiger partial charge in [0, 0.05) is 23.5 Å². The zero-order valence-electron chi connectivity index (χ0n) is 13.9. The average Bonchev–Trinajstić information content (AvgIpc) is 2.47. The van der Waals surface area contributed by atoms with E-state index in [4.69, 9.17) is 11.5 Å². The van der Waals surface area contributed by atoms with E-state index in [1.165, 1.54) is 38.5 Å². The van der Waals surface area contributed by atoms with Crippen LogP contribution in [-0.2, 0) is 0 Å². The molecule has 0 saturated heterocycles. The van der Waals surface area contributed by atoms with Crippen molar-refractivity contribution in [3.63, 3.8) is 0 Å². The van der Waals surface area contributed by atoms with Crippen LogP contribution in [0.25, 0.3) is 0 Å². The van der Waals surface area contributed by atoms with Crippen molar-refractivity contribution in [3.8, 4) is 0 Å². The van der Waals surface area contributed by atoms with Crippen molar-refractivity contribution in [1.82, 2.24) is 5.32 Å². The molecule has 1 amide bonds. The van der Waals surface area contributed by atoms with Crippen LogP contribution < -0.4 is 16.8 Å². The molecule has 4 bridgehead atoms. The van der Waals surface area contributed by atoms with Gasteiger partial charge in [-0.1, -0.05) is 0 Å². The Labute approximate surface area is 138 Å². The number of amides is 1. The van der Waals surface area contributed by atoms with Gasteiger partial charge >= 0.3 is 0 Å². The summed E-state index contributed by atoms with van der Waals surface area (Å²) < 4.78 is 0. The molecule has 0 unspecified atom stereocenters. The van der Waals surface area contributed by atoms with Gasteiger partial charge in [0.2, 0.25) is 0 Å². The van der Waals surface area contributed by atoms with Gasteiger partial charge in [-0.05, 0) is 86.3 Å². The number of rotatable bonds is 3. The lowest BCUT2D eigenvalue weighted by atomic mass is 9.49. The Hall–Kier alpha value is -1.71. The number of carbonyl (C=O) groups is 1. The molecule has 23 heavy (non-hydrogen) atoms. The fourth-order valence-corrected chi connectivity index (χ4v) is 5.87. The Bertz CT molecular complexity index is 617. The van der Waals surface area contributed by atoms with Crippen LogP contribution in [-0.4, -0.2) is 12.5 Å². The Balaban J connectivity index is 1.48. The van der Waals surface area contributed by atoms with Crippen LogP contribution in [0, 0.1) is 30.1 Å². The largest absolute Gasteiger partial charge is 0.399 e. The highest BCUT2D eigenvalue weighted by atomic mass is 16.1. The molecule has 4 saturated carbocycles. The minimum Gasteiger partial charge on any atom is -0.399 e. The Morgan fingerprint density at radius 3 is 2.26 bits per heavy atom. The van der Waals surface area contributed by atoms with E-state index in [0.29, 0.717) is 22.4 Å². The maximum atomic E-state index is 12.6. The van der Waals surface area contributed by atoms with Gasteiger partial charge in [0.25, 0.3) is 5.91 Å². The molecule has 1 aromatic carbocycles. The van der Waals surface area contributed by atoms with Crippen molar-refractivity contribution in [2.75, 3.05) is 18.0 Å². The second kappa shape index (κ2) is 5.15. The van der Waals surface area contributed by atoms with Crippen LogP contribution in [0.3, 0.4) is 0 Å². The predicted octanol–water partition coefficient (Wildman–Crippen LogP) is 3.11. The maximum Gasteiger partial charge on any atom is 0.251 e. The molecule has 5 rings (SSSR count). The Morgan fingerprint density at radius 2 is 1.70 bits per heavy atom. The quantitative estimate of drug-likeness (QED) is 0.750. The fraction of sp³-hybridized carbons (Fsp3) is 0.632. The summed E-state index contributed by atoms with van der Waals surface area (Å²) in [6.45, 7) is 2.69. The molecule has 0 spiro atoms. The molecule has 0 atom stereocenters. The minimum absolute atomic E-state index is 0.0303. The van der Waals surface area contributed by atoms with E-state index in [2.05, 4.69) is 5.32 Å². The van der Waals surface area contributed by atoms with Crippen molar-refractivity contribution in [2.45, 2.75) is 45.4 Å². The number of hydrogen-bond acceptors (Lipinski definition) is 3. The van der Waals surface area contributed by atoms with Crippen molar-refractivity contribution in [2.24, 2.45) is 23.2 Å². The van der Waals surface area contributed by atoms with Gasteiger partial charge in [-0.3, -0.25) is 4.79 Å². The molecule has 4 aliphatic rings. The zero-order chi connectivity index (χ0) is 16.2. The molecule has 4 fully saturated rings. The van der Waals surface area contributed by atoms with Crippen molar-refractivity contribution in [1.29, 1.82) is 0 Å². The number of benzene rings is 1. The van der Waals surface area contributed by atoms with Crippen molar-refractivity contribution >= 4 is 17.3 Å². The Kier molecular flexibility index (Phi) is 3.33. The first-order valence-electron chi connectivity index (χ1n) is 8.88. The molecule has 5 N–H and O–H groups in total. The first-order chi connectivity index (χ1) is 10.9. The van der Waals surface area contributed by atoms with Crippen molar-refractivity contribution in [3.05, 3.63) is 23.3 Å². The van der Waals surface area contributed by atoms with Gasteiger partial charge in [-0.25, -0.2) is 0 Å². The highest BCUT2D eigenvalue weighted by Crippen LogP contribution is 2.59. The van der Waals surface area contributed by atoms with E-state index < -0.39 is 0 Å². The van der Waals surface area contributed by atoms with Crippen LogP contribution in [0.1, 0.15) is 54.4 Å². The van der Waals surface area contributed by atoms with Crippen LogP contribution in [0.15, 0.2) is 12.1 Å². The number of hydrogen-bond donors (Lipinski definition) is 3. The lowest BCUT2D eigenvalue weighted by Crippen LogP contribution is -2.51. The SMILES string of the molecule is Cc1c(N)cc(N)cc1C(=O)NCC12CC3CC(CC(C3)C1)C2. The summed E-state index contributed by atoms with van der Waals surface area (Å²) in [5.41, 5.74) is 14.7. The summed E-state index contributed by atoms with van der Waals surface area (Å²) in [6, 6.07) is 3.45. The van der Waals surface area contributed by atoms with Crippen LogP contribution in [0.4, 0.5) is 11.4 Å². The molecular weight excluding hydrogens is 286 g/mol. The number of carbonyl (C=O) groups excluding carboxylic acids is 1. The standard InChI is InChI=1S/C19H27N3O/c1-11-16(5-15(20)6-17(11)21)18(23)22-10-19-7-12-2-13(8-19)4-14(3-12)9-19/h5-6,12-14H,2-4,7-10,20-21H2,1H3,(H,22,23). The van der Waals surface area contributed by atoms with Crippen LogP contribution in [0.5, 0.6) is 0 Å². The van der Waals surface area contributed by atoms with Gasteiger partial charge in [-0.15, -0.1) is 0 Å². The average molecular weight is 313 g/mol. The first-order valence-corrected chi connectivity index (χ1v) is 8.88. The molecule has 0 aliphatic heterocycles. The Morgan fingerprint density at radius 1 is 1.13 bits per heavy atom. The van der Waals surface area contributed by atoms with Gasteiger partial charge in [0.05, 0.1) is 0 Å². The summed E-state index contributed by atoms with van der Waals surface area (Å²) in [4.78, 5) is 12.6. The van der Waals surface area contributed by atoms with Crippen molar-refractivity contribution < 1.29 is 4.79 Å². The van der Waals surface area contributed by atoms with E-state index in [0.717, 1.165) is 29.9 Å². The zero-order valence-corrected chi connectivity index (χ0v) is 13.9. The molecule has 0 radical (unpaired) electrons. The summed E-state index contributed by atoms with van der Waals surface area (Å²) in [5, 5.41) is 3.20. The van der Waals surface area contributed by atoms with Gasteiger partial charge in [-0.2, -0.15) is 0 Å². The van der Waals surface area contributed by atoms with E-state index in [9.17, 15) is 4.79 Å². The summed E-state index contributed by atoms with van der Waals surface area (Å²) in [6.07, 6.45) is 8.19. The van der Waals surface area contributed by atoms with Gasteiger partial charge < -0.3 is 16.8 Å². The number of nitrogens with one attached hydrogen (secondary N) is 1. The molecule has 4 heteroatoms.